The van der Waals surface area contributed by atoms with Crippen molar-refractivity contribution in [3.8, 4) is 11.5 Å². The van der Waals surface area contributed by atoms with Crippen LogP contribution in [0.4, 0.5) is 4.39 Å². The Morgan fingerprint density at radius 1 is 1.27 bits per heavy atom. The van der Waals surface area contributed by atoms with Gasteiger partial charge in [-0.15, -0.1) is 0 Å². The topological polar surface area (TPSA) is 66.8 Å². The highest BCUT2D eigenvalue weighted by molar-refractivity contribution is 8.26. The van der Waals surface area contributed by atoms with E-state index in [2.05, 4.69) is 0 Å². The molecule has 0 unspecified atom stereocenters. The predicted molar refractivity (Wildman–Crippen MR) is 100 cm³/mol. The van der Waals surface area contributed by atoms with Gasteiger partial charge in [-0.2, -0.15) is 0 Å². The van der Waals surface area contributed by atoms with E-state index in [1.54, 1.807) is 24.3 Å². The molecule has 8 heteroatoms. The number of halogens is 1. The van der Waals surface area contributed by atoms with E-state index in [0.717, 1.165) is 16.7 Å². The van der Waals surface area contributed by atoms with Gasteiger partial charge in [0.1, 0.15) is 16.6 Å². The smallest absolute Gasteiger partial charge is 0.323 e. The largest absolute Gasteiger partial charge is 0.480 e. The zero-order valence-corrected chi connectivity index (χ0v) is 14.8. The summed E-state index contributed by atoms with van der Waals surface area (Å²) >= 11 is 6.05. The number of carboxylic acids is 1. The molecule has 1 amide bonds. The fraction of sp³-hybridized carbons (Fsp3) is 0.0556. The first kappa shape index (κ1) is 18.1. The van der Waals surface area contributed by atoms with Crippen LogP contribution in [-0.2, 0) is 9.59 Å². The minimum atomic E-state index is -1.15. The molecule has 0 aromatic heterocycles. The minimum Gasteiger partial charge on any atom is -0.480 e. The average Bonchev–Trinajstić information content (AvgIpc) is 2.86. The molecule has 2 aromatic carbocycles. The van der Waals surface area contributed by atoms with Crippen molar-refractivity contribution < 1.29 is 23.8 Å². The third kappa shape index (κ3) is 4.09. The number of hydrogen-bond donors (Lipinski definition) is 1. The number of carboxylic acid groups (broad SMARTS) is 1. The van der Waals surface area contributed by atoms with Crippen LogP contribution in [-0.4, -0.2) is 32.7 Å². The van der Waals surface area contributed by atoms with E-state index >= 15 is 0 Å². The van der Waals surface area contributed by atoms with E-state index in [4.69, 9.17) is 22.1 Å². The van der Waals surface area contributed by atoms with E-state index in [1.165, 1.54) is 24.3 Å². The first-order chi connectivity index (χ1) is 12.4. The second-order valence-electron chi connectivity index (χ2n) is 5.27. The molecule has 1 saturated heterocycles. The number of amides is 1. The van der Waals surface area contributed by atoms with Gasteiger partial charge < -0.3 is 9.84 Å². The van der Waals surface area contributed by atoms with Gasteiger partial charge in [0.2, 0.25) is 0 Å². The molecule has 5 nitrogen and oxygen atoms in total. The van der Waals surface area contributed by atoms with Crippen LogP contribution >= 0.6 is 24.0 Å². The number of rotatable bonds is 5. The van der Waals surface area contributed by atoms with Crippen molar-refractivity contribution in [2.45, 2.75) is 0 Å². The number of para-hydroxylation sites is 1. The quantitative estimate of drug-likeness (QED) is 0.618. The monoisotopic (exact) mass is 389 g/mol. The van der Waals surface area contributed by atoms with Crippen molar-refractivity contribution in [3.05, 3.63) is 64.8 Å². The SMILES string of the molecule is O=C(O)CN1C(=O)/C(=C\c2ccc(F)c(Oc3ccccc3)c2)SC1=S. The lowest BCUT2D eigenvalue weighted by molar-refractivity contribution is -0.140. The van der Waals surface area contributed by atoms with Gasteiger partial charge in [-0.3, -0.25) is 14.5 Å². The predicted octanol–water partition coefficient (Wildman–Crippen LogP) is 3.90. The number of carbonyl (C=O) groups is 2. The Hall–Kier alpha value is -2.71. The normalized spacial score (nSPS) is 15.6. The Balaban J connectivity index is 1.85. The number of thiocarbonyl (C=S) groups is 1. The Morgan fingerprint density at radius 3 is 2.69 bits per heavy atom. The van der Waals surface area contributed by atoms with Crippen LogP contribution in [0.1, 0.15) is 5.56 Å². The highest BCUT2D eigenvalue weighted by atomic mass is 32.2. The number of thioether (sulfide) groups is 1. The lowest BCUT2D eigenvalue weighted by Crippen LogP contribution is -2.33. The lowest BCUT2D eigenvalue weighted by Gasteiger charge is -2.10. The van der Waals surface area contributed by atoms with Crippen molar-refractivity contribution in [1.29, 1.82) is 0 Å². The van der Waals surface area contributed by atoms with E-state index in [0.29, 0.717) is 11.3 Å². The van der Waals surface area contributed by atoms with Crippen LogP contribution in [0.15, 0.2) is 53.4 Å². The molecule has 0 bridgehead atoms. The molecule has 0 aliphatic carbocycles. The second-order valence-corrected chi connectivity index (χ2v) is 6.94. The van der Waals surface area contributed by atoms with Crippen molar-refractivity contribution in [2.75, 3.05) is 6.54 Å². The molecule has 1 aliphatic rings. The van der Waals surface area contributed by atoms with Crippen molar-refractivity contribution in [3.63, 3.8) is 0 Å². The zero-order valence-electron chi connectivity index (χ0n) is 13.2. The first-order valence-corrected chi connectivity index (χ1v) is 8.66. The minimum absolute atomic E-state index is 0.0194. The molecule has 26 heavy (non-hydrogen) atoms. The third-order valence-corrected chi connectivity index (χ3v) is 4.77. The summed E-state index contributed by atoms with van der Waals surface area (Å²) in [6.07, 6.45) is 1.53. The average molecular weight is 389 g/mol. The number of benzene rings is 2. The fourth-order valence-electron chi connectivity index (χ4n) is 2.23. The number of nitrogens with zero attached hydrogens (tertiary/aromatic N) is 1. The third-order valence-electron chi connectivity index (χ3n) is 3.39. The summed E-state index contributed by atoms with van der Waals surface area (Å²) in [6, 6.07) is 13.0. The number of carbonyl (C=O) groups excluding carboxylic acids is 1. The maximum absolute atomic E-state index is 14.0. The summed E-state index contributed by atoms with van der Waals surface area (Å²) in [5, 5.41) is 8.85. The van der Waals surface area contributed by atoms with Gasteiger partial charge in [0.15, 0.2) is 11.6 Å². The molecule has 1 aliphatic heterocycles. The molecule has 1 fully saturated rings. The summed E-state index contributed by atoms with van der Waals surface area (Å²) in [6.45, 7) is -0.492. The van der Waals surface area contributed by atoms with Crippen LogP contribution in [0.2, 0.25) is 0 Å². The molecule has 0 radical (unpaired) electrons. The molecule has 0 atom stereocenters. The van der Waals surface area contributed by atoms with Crippen molar-refractivity contribution in [2.24, 2.45) is 0 Å². The van der Waals surface area contributed by atoms with Gasteiger partial charge in [0.05, 0.1) is 4.91 Å². The van der Waals surface area contributed by atoms with Crippen LogP contribution in [0, 0.1) is 5.82 Å². The van der Waals surface area contributed by atoms with Crippen LogP contribution < -0.4 is 4.74 Å². The van der Waals surface area contributed by atoms with E-state index in [9.17, 15) is 14.0 Å². The molecule has 0 spiro atoms. The van der Waals surface area contributed by atoms with Crippen molar-refractivity contribution >= 4 is 46.3 Å². The maximum atomic E-state index is 14.0. The standard InChI is InChI=1S/C18H12FNO4S2/c19-13-7-6-11(8-14(13)24-12-4-2-1-3-5-12)9-15-17(23)20(10-16(21)22)18(25)26-15/h1-9H,10H2,(H,21,22)/b15-9+. The molecule has 1 heterocycles. The molecular formula is C18H12FNO4S2. The summed E-state index contributed by atoms with van der Waals surface area (Å²) in [5.41, 5.74) is 0.535. The van der Waals surface area contributed by atoms with Crippen LogP contribution in [0.3, 0.4) is 0 Å². The molecule has 1 N–H and O–H groups in total. The maximum Gasteiger partial charge on any atom is 0.323 e. The molecular weight excluding hydrogens is 377 g/mol. The highest BCUT2D eigenvalue weighted by Gasteiger charge is 2.33. The first-order valence-electron chi connectivity index (χ1n) is 7.43. The summed E-state index contributed by atoms with van der Waals surface area (Å²) in [5.74, 6) is -1.67. The Labute approximate surface area is 158 Å². The van der Waals surface area contributed by atoms with Crippen molar-refractivity contribution in [1.82, 2.24) is 4.90 Å². The Morgan fingerprint density at radius 2 is 2.00 bits per heavy atom. The van der Waals surface area contributed by atoms with E-state index in [-0.39, 0.29) is 15.0 Å². The Kier molecular flexibility index (Phi) is 5.34. The molecule has 2 aromatic rings. The van der Waals surface area contributed by atoms with Crippen LogP contribution in [0.5, 0.6) is 11.5 Å². The highest BCUT2D eigenvalue weighted by Crippen LogP contribution is 2.33. The summed E-state index contributed by atoms with van der Waals surface area (Å²) < 4.78 is 19.7. The second kappa shape index (κ2) is 7.67. The number of aliphatic carboxylic acids is 1. The van der Waals surface area contributed by atoms with E-state index < -0.39 is 24.2 Å². The number of ether oxygens (including phenoxy) is 1. The molecule has 3 rings (SSSR count). The number of hydrogen-bond acceptors (Lipinski definition) is 5. The molecule has 132 valence electrons. The van der Waals surface area contributed by atoms with Gasteiger partial charge in [-0.1, -0.05) is 48.2 Å². The zero-order chi connectivity index (χ0) is 18.7. The van der Waals surface area contributed by atoms with Gasteiger partial charge in [0.25, 0.3) is 5.91 Å². The van der Waals surface area contributed by atoms with Gasteiger partial charge >= 0.3 is 5.97 Å². The summed E-state index contributed by atoms with van der Waals surface area (Å²) in [4.78, 5) is 24.4. The van der Waals surface area contributed by atoms with E-state index in [1.807, 2.05) is 6.07 Å². The van der Waals surface area contributed by atoms with Gasteiger partial charge in [-0.25, -0.2) is 4.39 Å². The van der Waals surface area contributed by atoms with Gasteiger partial charge in [0, 0.05) is 0 Å². The molecule has 0 saturated carbocycles. The Bertz CT molecular complexity index is 915. The van der Waals surface area contributed by atoms with Gasteiger partial charge in [-0.05, 0) is 35.9 Å². The lowest BCUT2D eigenvalue weighted by atomic mass is 10.2. The fourth-order valence-corrected chi connectivity index (χ4v) is 3.48. The van der Waals surface area contributed by atoms with Crippen LogP contribution in [0.25, 0.3) is 6.08 Å². The summed E-state index contributed by atoms with van der Waals surface area (Å²) in [7, 11) is 0.